The van der Waals surface area contributed by atoms with Gasteiger partial charge in [-0.15, -0.1) is 0 Å². The Morgan fingerprint density at radius 3 is 2.04 bits per heavy atom. The van der Waals surface area contributed by atoms with Crippen LogP contribution in [0.25, 0.3) is 0 Å². The topological polar surface area (TPSA) is 61.4 Å². The summed E-state index contributed by atoms with van der Waals surface area (Å²) >= 11 is 3.90. The van der Waals surface area contributed by atoms with Gasteiger partial charge in [-0.1, -0.05) is 12.8 Å². The number of carbonyl (C=O) groups excluding carboxylic acids is 2. The average molecular weight is 337 g/mol. The van der Waals surface area contributed by atoms with Crippen molar-refractivity contribution < 1.29 is 9.59 Å². The lowest BCUT2D eigenvalue weighted by molar-refractivity contribution is -0.118. The number of nitrogens with one attached hydrogen (secondary N) is 2. The normalized spacial score (nSPS) is 10.2. The first-order valence-corrected chi connectivity index (χ1v) is 8.61. The van der Waals surface area contributed by atoms with Crippen LogP contribution in [0.4, 0.5) is 5.69 Å². The van der Waals surface area contributed by atoms with Crippen molar-refractivity contribution in [1.82, 2.24) is 10.6 Å². The smallest absolute Gasteiger partial charge is 0.251 e. The fourth-order valence-corrected chi connectivity index (χ4v) is 2.21. The molecule has 0 saturated carbocycles. The first-order valence-electron chi connectivity index (χ1n) is 7.97. The number of rotatable bonds is 10. The van der Waals surface area contributed by atoms with Gasteiger partial charge in [0.05, 0.1) is 5.75 Å². The molecule has 1 rings (SSSR count). The highest BCUT2D eigenvalue weighted by Crippen LogP contribution is 2.12. The van der Waals surface area contributed by atoms with Gasteiger partial charge in [-0.3, -0.25) is 9.59 Å². The molecule has 23 heavy (non-hydrogen) atoms. The molecule has 0 bridgehead atoms. The molecule has 2 amide bonds. The Labute approximate surface area is 144 Å². The van der Waals surface area contributed by atoms with E-state index in [1.54, 1.807) is 0 Å². The first-order chi connectivity index (χ1) is 11.0. The van der Waals surface area contributed by atoms with Crippen LogP contribution in [0.1, 0.15) is 36.0 Å². The molecule has 1 aromatic carbocycles. The molecule has 128 valence electrons. The number of hydrogen-bond acceptors (Lipinski definition) is 4. The fourth-order valence-electron chi connectivity index (χ4n) is 2.10. The molecule has 0 aliphatic heterocycles. The molecule has 0 radical (unpaired) electrons. The van der Waals surface area contributed by atoms with E-state index < -0.39 is 0 Å². The van der Waals surface area contributed by atoms with Crippen molar-refractivity contribution in [1.29, 1.82) is 0 Å². The third-order valence-corrected chi connectivity index (χ3v) is 3.79. The number of nitrogens with zero attached hydrogens (tertiary/aromatic N) is 1. The molecule has 2 N–H and O–H groups in total. The van der Waals surface area contributed by atoms with Gasteiger partial charge >= 0.3 is 0 Å². The van der Waals surface area contributed by atoms with Crippen LogP contribution in [0.3, 0.4) is 0 Å². The van der Waals surface area contributed by atoms with Gasteiger partial charge in [0.1, 0.15) is 0 Å². The van der Waals surface area contributed by atoms with Gasteiger partial charge in [-0.25, -0.2) is 0 Å². The number of anilines is 1. The number of hydrogen-bond donors (Lipinski definition) is 3. The highest BCUT2D eigenvalue weighted by molar-refractivity contribution is 7.81. The van der Waals surface area contributed by atoms with Gasteiger partial charge in [-0.05, 0) is 37.1 Å². The summed E-state index contributed by atoms with van der Waals surface area (Å²) in [6, 6.07) is 7.56. The maximum atomic E-state index is 12.0. The van der Waals surface area contributed by atoms with Gasteiger partial charge < -0.3 is 15.5 Å². The largest absolute Gasteiger partial charge is 0.378 e. The maximum absolute atomic E-state index is 12.0. The lowest BCUT2D eigenvalue weighted by Gasteiger charge is -2.12. The summed E-state index contributed by atoms with van der Waals surface area (Å²) in [5.74, 6) is 0.180. The van der Waals surface area contributed by atoms with E-state index in [1.165, 1.54) is 0 Å². The van der Waals surface area contributed by atoms with Gasteiger partial charge in [0, 0.05) is 38.4 Å². The SMILES string of the molecule is CN(C)c1ccc(C(=O)NCCCCCCNC(=O)CS)cc1. The van der Waals surface area contributed by atoms with Crippen LogP contribution in [0.15, 0.2) is 24.3 Å². The van der Waals surface area contributed by atoms with Gasteiger partial charge in [0.2, 0.25) is 5.91 Å². The number of amides is 2. The Kier molecular flexibility index (Phi) is 9.21. The molecule has 0 aliphatic carbocycles. The lowest BCUT2D eigenvalue weighted by Crippen LogP contribution is -2.25. The van der Waals surface area contributed by atoms with Crippen molar-refractivity contribution in [3.63, 3.8) is 0 Å². The second kappa shape index (κ2) is 10.9. The van der Waals surface area contributed by atoms with E-state index in [0.717, 1.165) is 31.4 Å². The van der Waals surface area contributed by atoms with Crippen LogP contribution >= 0.6 is 12.6 Å². The van der Waals surface area contributed by atoms with E-state index in [9.17, 15) is 9.59 Å². The Morgan fingerprint density at radius 1 is 0.957 bits per heavy atom. The standard InChI is InChI=1S/C17H27N3O2S/c1-20(2)15-9-7-14(8-10-15)17(22)19-12-6-4-3-5-11-18-16(21)13-23/h7-10,23H,3-6,11-13H2,1-2H3,(H,18,21)(H,19,22). The first kappa shape index (κ1) is 19.4. The van der Waals surface area contributed by atoms with E-state index in [4.69, 9.17) is 0 Å². The minimum atomic E-state index is -0.0312. The van der Waals surface area contributed by atoms with Gasteiger partial charge in [-0.2, -0.15) is 12.6 Å². The highest BCUT2D eigenvalue weighted by atomic mass is 32.1. The van der Waals surface area contributed by atoms with Gasteiger partial charge in [0.15, 0.2) is 0 Å². The molecule has 0 spiro atoms. The molecule has 0 saturated heterocycles. The summed E-state index contributed by atoms with van der Waals surface area (Å²) in [7, 11) is 3.94. The van der Waals surface area contributed by atoms with Crippen LogP contribution < -0.4 is 15.5 Å². The lowest BCUT2D eigenvalue weighted by atomic mass is 10.1. The van der Waals surface area contributed by atoms with Gasteiger partial charge in [0.25, 0.3) is 5.91 Å². The predicted octanol–water partition coefficient (Wildman–Crippen LogP) is 2.09. The van der Waals surface area contributed by atoms with Crippen LogP contribution in [0.2, 0.25) is 0 Å². The van der Waals surface area contributed by atoms with E-state index in [-0.39, 0.29) is 17.6 Å². The molecule has 5 nitrogen and oxygen atoms in total. The second-order valence-corrected chi connectivity index (χ2v) is 5.94. The average Bonchev–Trinajstić information content (AvgIpc) is 2.56. The Bertz CT molecular complexity index is 489. The van der Waals surface area contributed by atoms with Crippen LogP contribution in [0, 0.1) is 0 Å². The monoisotopic (exact) mass is 337 g/mol. The third kappa shape index (κ3) is 7.93. The molecular weight excluding hydrogens is 310 g/mol. The molecule has 6 heteroatoms. The number of unbranched alkanes of at least 4 members (excludes halogenated alkanes) is 3. The number of benzene rings is 1. The zero-order valence-corrected chi connectivity index (χ0v) is 14.9. The summed E-state index contributed by atoms with van der Waals surface area (Å²) in [5, 5.41) is 5.72. The second-order valence-electron chi connectivity index (χ2n) is 5.62. The molecule has 0 aliphatic rings. The van der Waals surface area contributed by atoms with E-state index in [1.807, 2.05) is 43.3 Å². The summed E-state index contributed by atoms with van der Waals surface area (Å²) in [6.07, 6.45) is 3.98. The highest BCUT2D eigenvalue weighted by Gasteiger charge is 2.05. The molecule has 0 fully saturated rings. The quantitative estimate of drug-likeness (QED) is 0.452. The minimum Gasteiger partial charge on any atom is -0.378 e. The maximum Gasteiger partial charge on any atom is 0.251 e. The number of thiol groups is 1. The van der Waals surface area contributed by atoms with Crippen molar-refractivity contribution >= 4 is 30.1 Å². The molecule has 0 atom stereocenters. The minimum absolute atomic E-state index is 0.0270. The summed E-state index contributed by atoms with van der Waals surface area (Å²) in [6.45, 7) is 1.38. The van der Waals surface area contributed by atoms with E-state index >= 15 is 0 Å². The number of carbonyl (C=O) groups is 2. The Balaban J connectivity index is 2.11. The third-order valence-electron chi connectivity index (χ3n) is 3.50. The molecule has 1 aromatic rings. The Morgan fingerprint density at radius 2 is 1.52 bits per heavy atom. The Hall–Kier alpha value is -1.69. The van der Waals surface area contributed by atoms with E-state index in [2.05, 4.69) is 23.3 Å². The molecular formula is C17H27N3O2S. The van der Waals surface area contributed by atoms with Crippen LogP contribution in [0.5, 0.6) is 0 Å². The zero-order chi connectivity index (χ0) is 17.1. The van der Waals surface area contributed by atoms with Crippen molar-refractivity contribution in [3.8, 4) is 0 Å². The zero-order valence-electron chi connectivity index (χ0n) is 14.0. The summed E-state index contributed by atoms with van der Waals surface area (Å²) in [5.41, 5.74) is 1.76. The van der Waals surface area contributed by atoms with Crippen molar-refractivity contribution in [2.24, 2.45) is 0 Å². The van der Waals surface area contributed by atoms with Crippen molar-refractivity contribution in [3.05, 3.63) is 29.8 Å². The predicted molar refractivity (Wildman–Crippen MR) is 98.4 cm³/mol. The molecule has 0 aromatic heterocycles. The summed E-state index contributed by atoms with van der Waals surface area (Å²) < 4.78 is 0. The van der Waals surface area contributed by atoms with Crippen molar-refractivity contribution in [2.45, 2.75) is 25.7 Å². The fraction of sp³-hybridized carbons (Fsp3) is 0.529. The molecule has 0 unspecified atom stereocenters. The van der Waals surface area contributed by atoms with Crippen LogP contribution in [-0.4, -0.2) is 44.8 Å². The molecule has 0 heterocycles. The van der Waals surface area contributed by atoms with E-state index in [0.29, 0.717) is 18.7 Å². The van der Waals surface area contributed by atoms with Crippen molar-refractivity contribution in [2.75, 3.05) is 37.8 Å². The summed E-state index contributed by atoms with van der Waals surface area (Å²) in [4.78, 5) is 25.0. The van der Waals surface area contributed by atoms with Crippen LogP contribution in [-0.2, 0) is 4.79 Å².